The van der Waals surface area contributed by atoms with E-state index >= 15 is 0 Å². The molecule has 0 spiro atoms. The minimum atomic E-state index is -1.03. The molecular formula is C16H34OSi. The van der Waals surface area contributed by atoms with Crippen LogP contribution in [0.3, 0.4) is 0 Å². The summed E-state index contributed by atoms with van der Waals surface area (Å²) in [5.74, 6) is 0. The first-order valence-electron chi connectivity index (χ1n) is 7.75. The van der Waals surface area contributed by atoms with Gasteiger partial charge in [0.2, 0.25) is 0 Å². The minimum Gasteiger partial charge on any atom is -0.303 e. The largest absolute Gasteiger partial charge is 0.303 e. The van der Waals surface area contributed by atoms with Crippen molar-refractivity contribution in [1.29, 1.82) is 0 Å². The van der Waals surface area contributed by atoms with E-state index in [2.05, 4.69) is 33.9 Å². The third-order valence-electron chi connectivity index (χ3n) is 4.65. The SMILES string of the molecule is CC(C)(C)[Si](C)(C)CCCCCCCCCC=O. The molecule has 2 heteroatoms. The average Bonchev–Trinajstić information content (AvgIpc) is 2.25. The zero-order chi connectivity index (χ0) is 14.1. The van der Waals surface area contributed by atoms with Gasteiger partial charge in [-0.15, -0.1) is 0 Å². The van der Waals surface area contributed by atoms with Crippen LogP contribution in [0.4, 0.5) is 0 Å². The Balaban J connectivity index is 3.43. The summed E-state index contributed by atoms with van der Waals surface area (Å²) in [6, 6.07) is 1.47. The zero-order valence-corrected chi connectivity index (χ0v) is 14.3. The molecule has 0 aromatic carbocycles. The number of carbonyl (C=O) groups is 1. The van der Waals surface area contributed by atoms with Gasteiger partial charge in [0.25, 0.3) is 0 Å². The quantitative estimate of drug-likeness (QED) is 0.278. The smallest absolute Gasteiger partial charge is 0.119 e. The molecule has 0 saturated carbocycles. The lowest BCUT2D eigenvalue weighted by Gasteiger charge is -2.37. The summed E-state index contributed by atoms with van der Waals surface area (Å²) < 4.78 is 0. The normalized spacial score (nSPS) is 12.7. The fraction of sp³-hybridized carbons (Fsp3) is 0.938. The van der Waals surface area contributed by atoms with Crippen molar-refractivity contribution in [3.05, 3.63) is 0 Å². The van der Waals surface area contributed by atoms with Gasteiger partial charge in [0.05, 0.1) is 8.07 Å². The maximum absolute atomic E-state index is 10.2. The van der Waals surface area contributed by atoms with E-state index in [9.17, 15) is 4.79 Å². The second-order valence-corrected chi connectivity index (χ2v) is 13.1. The number of aldehydes is 1. The van der Waals surface area contributed by atoms with Gasteiger partial charge in [-0.3, -0.25) is 0 Å². The Hall–Kier alpha value is -0.113. The van der Waals surface area contributed by atoms with Gasteiger partial charge in [-0.1, -0.05) is 78.4 Å². The molecule has 0 heterocycles. The van der Waals surface area contributed by atoms with Crippen molar-refractivity contribution < 1.29 is 4.79 Å². The number of unbranched alkanes of at least 4 members (excludes halogenated alkanes) is 7. The van der Waals surface area contributed by atoms with Crippen LogP contribution in [0.1, 0.15) is 72.1 Å². The van der Waals surface area contributed by atoms with Crippen LogP contribution in [0.15, 0.2) is 0 Å². The molecule has 0 aliphatic heterocycles. The third-order valence-corrected chi connectivity index (χ3v) is 10.3. The fourth-order valence-electron chi connectivity index (χ4n) is 2.05. The van der Waals surface area contributed by atoms with Crippen molar-refractivity contribution in [2.75, 3.05) is 0 Å². The highest BCUT2D eigenvalue weighted by molar-refractivity contribution is 6.80. The maximum Gasteiger partial charge on any atom is 0.119 e. The van der Waals surface area contributed by atoms with Crippen LogP contribution in [0.2, 0.25) is 24.2 Å². The molecule has 1 nitrogen and oxygen atoms in total. The summed E-state index contributed by atoms with van der Waals surface area (Å²) in [6.07, 6.45) is 11.0. The second kappa shape index (κ2) is 8.90. The summed E-state index contributed by atoms with van der Waals surface area (Å²) in [5, 5.41) is 0.543. The Kier molecular flexibility index (Phi) is 8.84. The Morgan fingerprint density at radius 2 is 1.28 bits per heavy atom. The van der Waals surface area contributed by atoms with E-state index in [1.807, 2.05) is 0 Å². The van der Waals surface area contributed by atoms with E-state index in [0.29, 0.717) is 5.04 Å². The van der Waals surface area contributed by atoms with Crippen LogP contribution in [-0.4, -0.2) is 14.4 Å². The molecule has 0 saturated heterocycles. The van der Waals surface area contributed by atoms with Crippen molar-refractivity contribution in [2.24, 2.45) is 0 Å². The lowest BCUT2D eigenvalue weighted by atomic mass is 10.1. The molecule has 0 aromatic heterocycles. The molecule has 0 unspecified atom stereocenters. The van der Waals surface area contributed by atoms with E-state index in [1.54, 1.807) is 0 Å². The monoisotopic (exact) mass is 270 g/mol. The molecule has 0 rings (SSSR count). The van der Waals surface area contributed by atoms with Crippen molar-refractivity contribution in [3.8, 4) is 0 Å². The van der Waals surface area contributed by atoms with Gasteiger partial charge in [0.15, 0.2) is 0 Å². The number of rotatable bonds is 10. The summed E-state index contributed by atoms with van der Waals surface area (Å²) in [5.41, 5.74) is 0. The van der Waals surface area contributed by atoms with Gasteiger partial charge < -0.3 is 4.79 Å². The molecule has 0 radical (unpaired) electrons. The Bertz CT molecular complexity index is 216. The molecule has 0 aliphatic rings. The predicted molar refractivity (Wildman–Crippen MR) is 85.0 cm³/mol. The van der Waals surface area contributed by atoms with E-state index in [4.69, 9.17) is 0 Å². The van der Waals surface area contributed by atoms with Gasteiger partial charge in [0, 0.05) is 6.42 Å². The first-order valence-corrected chi connectivity index (χ1v) is 11.0. The molecule has 0 N–H and O–H groups in total. The first-order chi connectivity index (χ1) is 8.31. The Labute approximate surface area is 116 Å². The molecule has 0 aliphatic carbocycles. The Morgan fingerprint density at radius 3 is 1.72 bits per heavy atom. The van der Waals surface area contributed by atoms with Crippen molar-refractivity contribution in [3.63, 3.8) is 0 Å². The van der Waals surface area contributed by atoms with Gasteiger partial charge >= 0.3 is 0 Å². The lowest BCUT2D eigenvalue weighted by Crippen LogP contribution is -2.36. The van der Waals surface area contributed by atoms with Gasteiger partial charge in [-0.25, -0.2) is 0 Å². The number of carbonyl (C=O) groups excluding carboxylic acids is 1. The number of hydrogen-bond donors (Lipinski definition) is 0. The molecule has 108 valence electrons. The minimum absolute atomic E-state index is 0.543. The second-order valence-electron chi connectivity index (χ2n) is 7.31. The van der Waals surface area contributed by atoms with Crippen LogP contribution < -0.4 is 0 Å². The molecule has 18 heavy (non-hydrogen) atoms. The van der Waals surface area contributed by atoms with Crippen LogP contribution in [0.5, 0.6) is 0 Å². The van der Waals surface area contributed by atoms with E-state index in [-0.39, 0.29) is 0 Å². The zero-order valence-electron chi connectivity index (χ0n) is 13.3. The van der Waals surface area contributed by atoms with Gasteiger partial charge in [-0.2, -0.15) is 0 Å². The van der Waals surface area contributed by atoms with Gasteiger partial charge in [0.1, 0.15) is 6.29 Å². The topological polar surface area (TPSA) is 17.1 Å². The lowest BCUT2D eigenvalue weighted by molar-refractivity contribution is -0.107. The van der Waals surface area contributed by atoms with Crippen molar-refractivity contribution >= 4 is 14.4 Å². The highest BCUT2D eigenvalue weighted by atomic mass is 28.3. The standard InChI is InChI=1S/C16H34OSi/c1-16(2,3)18(4,5)15-13-11-9-7-6-8-10-12-14-17/h14H,6-13,15H2,1-5H3. The predicted octanol–water partition coefficient (Wildman–Crippen LogP) is 5.81. The maximum atomic E-state index is 10.2. The van der Waals surface area contributed by atoms with Crippen LogP contribution >= 0.6 is 0 Å². The van der Waals surface area contributed by atoms with E-state index < -0.39 is 8.07 Å². The fourth-order valence-corrected chi connectivity index (χ4v) is 3.94. The summed E-state index contributed by atoms with van der Waals surface area (Å²) in [6.45, 7) is 12.3. The van der Waals surface area contributed by atoms with Crippen LogP contribution in [0.25, 0.3) is 0 Å². The average molecular weight is 271 g/mol. The van der Waals surface area contributed by atoms with E-state index in [1.165, 1.54) is 44.6 Å². The third kappa shape index (κ3) is 8.07. The van der Waals surface area contributed by atoms with Crippen molar-refractivity contribution in [2.45, 2.75) is 96.3 Å². The summed E-state index contributed by atoms with van der Waals surface area (Å²) >= 11 is 0. The summed E-state index contributed by atoms with van der Waals surface area (Å²) in [7, 11) is -1.03. The number of hydrogen-bond acceptors (Lipinski definition) is 1. The van der Waals surface area contributed by atoms with Crippen LogP contribution in [-0.2, 0) is 4.79 Å². The molecule has 0 fully saturated rings. The molecule has 0 atom stereocenters. The first kappa shape index (κ1) is 17.9. The van der Waals surface area contributed by atoms with Crippen molar-refractivity contribution in [1.82, 2.24) is 0 Å². The van der Waals surface area contributed by atoms with E-state index in [0.717, 1.165) is 19.1 Å². The summed E-state index contributed by atoms with van der Waals surface area (Å²) in [4.78, 5) is 10.2. The highest BCUT2D eigenvalue weighted by Gasteiger charge is 2.33. The molecule has 0 bridgehead atoms. The Morgan fingerprint density at radius 1 is 0.833 bits per heavy atom. The van der Waals surface area contributed by atoms with Crippen LogP contribution in [0, 0.1) is 0 Å². The van der Waals surface area contributed by atoms with Gasteiger partial charge in [-0.05, 0) is 11.5 Å². The molecular weight excluding hydrogens is 236 g/mol. The molecule has 0 aromatic rings. The molecule has 0 amide bonds. The highest BCUT2D eigenvalue weighted by Crippen LogP contribution is 2.39.